The van der Waals surface area contributed by atoms with E-state index in [9.17, 15) is 4.79 Å². The van der Waals surface area contributed by atoms with Gasteiger partial charge in [-0.2, -0.15) is 0 Å². The first-order valence-corrected chi connectivity index (χ1v) is 8.06. The number of hydrogen-bond donors (Lipinski definition) is 1. The predicted octanol–water partition coefficient (Wildman–Crippen LogP) is 4.39. The average molecular weight is 360 g/mol. The second-order valence-electron chi connectivity index (χ2n) is 5.40. The van der Waals surface area contributed by atoms with Gasteiger partial charge in [-0.3, -0.25) is 10.1 Å². The molecule has 2 heterocycles. The highest BCUT2D eigenvalue weighted by Crippen LogP contribution is 2.33. The van der Waals surface area contributed by atoms with Crippen molar-refractivity contribution in [3.8, 4) is 11.3 Å². The van der Waals surface area contributed by atoms with E-state index >= 15 is 0 Å². The van der Waals surface area contributed by atoms with E-state index < -0.39 is 0 Å². The van der Waals surface area contributed by atoms with Gasteiger partial charge in [0, 0.05) is 23.2 Å². The smallest absolute Gasteiger partial charge is 0.259 e. The molecule has 1 amide bonds. The van der Waals surface area contributed by atoms with Crippen LogP contribution in [0.3, 0.4) is 0 Å². The molecule has 0 bridgehead atoms. The van der Waals surface area contributed by atoms with Crippen molar-refractivity contribution in [1.29, 1.82) is 0 Å². The molecular weight excluding hydrogens is 349 g/mol. The van der Waals surface area contributed by atoms with Crippen molar-refractivity contribution in [3.63, 3.8) is 0 Å². The van der Waals surface area contributed by atoms with Crippen molar-refractivity contribution in [2.24, 2.45) is 0 Å². The molecule has 1 aromatic carbocycles. The molecule has 120 valence electrons. The van der Waals surface area contributed by atoms with Crippen molar-refractivity contribution >= 4 is 35.1 Å². The summed E-state index contributed by atoms with van der Waals surface area (Å²) in [6.45, 7) is 0. The largest absolute Gasteiger partial charge is 0.469 e. The Morgan fingerprint density at radius 2 is 2.08 bits per heavy atom. The van der Waals surface area contributed by atoms with E-state index in [1.54, 1.807) is 24.6 Å². The normalized spacial score (nSPS) is 12.4. The molecule has 0 atom stereocenters. The number of nitrogens with zero attached hydrogens (tertiary/aromatic N) is 2. The number of carbonyl (C=O) groups excluding carboxylic acids is 1. The molecule has 4 rings (SSSR count). The van der Waals surface area contributed by atoms with Crippen LogP contribution >= 0.6 is 23.2 Å². The zero-order valence-corrected chi connectivity index (χ0v) is 13.9. The Kier molecular flexibility index (Phi) is 3.75. The minimum Gasteiger partial charge on any atom is -0.469 e. The molecule has 0 fully saturated rings. The van der Waals surface area contributed by atoms with E-state index in [1.165, 1.54) is 6.07 Å². The van der Waals surface area contributed by atoms with Gasteiger partial charge >= 0.3 is 0 Å². The van der Waals surface area contributed by atoms with Gasteiger partial charge < -0.3 is 4.42 Å². The van der Waals surface area contributed by atoms with Crippen LogP contribution in [0.1, 0.15) is 21.7 Å². The minimum atomic E-state index is -0.389. The molecule has 1 aliphatic rings. The topological polar surface area (TPSA) is 68.0 Å². The minimum absolute atomic E-state index is 0.221. The molecule has 5 nitrogen and oxygen atoms in total. The molecule has 1 N–H and O–H groups in total. The van der Waals surface area contributed by atoms with E-state index in [2.05, 4.69) is 15.3 Å². The van der Waals surface area contributed by atoms with Crippen LogP contribution in [0, 0.1) is 0 Å². The van der Waals surface area contributed by atoms with Crippen LogP contribution in [-0.4, -0.2) is 15.9 Å². The van der Waals surface area contributed by atoms with Gasteiger partial charge in [0.2, 0.25) is 5.95 Å². The fraction of sp³-hybridized carbons (Fsp3) is 0.118. The van der Waals surface area contributed by atoms with E-state index in [0.29, 0.717) is 10.6 Å². The lowest BCUT2D eigenvalue weighted by Crippen LogP contribution is -2.16. The van der Waals surface area contributed by atoms with E-state index in [0.717, 1.165) is 35.4 Å². The van der Waals surface area contributed by atoms with Crippen molar-refractivity contribution < 1.29 is 9.21 Å². The molecule has 7 heteroatoms. The zero-order chi connectivity index (χ0) is 16.7. The Morgan fingerprint density at radius 3 is 2.92 bits per heavy atom. The highest BCUT2D eigenvalue weighted by atomic mass is 35.5. The first kappa shape index (κ1) is 15.2. The van der Waals surface area contributed by atoms with Crippen molar-refractivity contribution in [1.82, 2.24) is 9.97 Å². The van der Waals surface area contributed by atoms with Gasteiger partial charge in [-0.1, -0.05) is 23.2 Å². The number of hydrogen-bond acceptors (Lipinski definition) is 4. The Hall–Kier alpha value is -2.37. The molecule has 3 aromatic rings. The lowest BCUT2D eigenvalue weighted by atomic mass is 9.96. The van der Waals surface area contributed by atoms with Crippen LogP contribution in [0.2, 0.25) is 10.0 Å². The molecule has 0 spiro atoms. The second-order valence-corrected chi connectivity index (χ2v) is 6.25. The van der Waals surface area contributed by atoms with Gasteiger partial charge in [0.1, 0.15) is 5.76 Å². The third-order valence-electron chi connectivity index (χ3n) is 3.89. The number of carbonyl (C=O) groups is 1. The number of aromatic nitrogens is 2. The number of nitrogens with one attached hydrogen (secondary N) is 1. The average Bonchev–Trinajstić information content (AvgIpc) is 3.03. The third-order valence-corrected chi connectivity index (χ3v) is 4.44. The number of anilines is 1. The monoisotopic (exact) mass is 359 g/mol. The third kappa shape index (κ3) is 2.66. The fourth-order valence-corrected chi connectivity index (χ4v) is 3.21. The number of fused-ring (bicyclic) bond motifs is 3. The quantitative estimate of drug-likeness (QED) is 0.736. The summed E-state index contributed by atoms with van der Waals surface area (Å²) >= 11 is 11.9. The summed E-state index contributed by atoms with van der Waals surface area (Å²) in [5.74, 6) is 0.734. The van der Waals surface area contributed by atoms with Crippen LogP contribution in [0.4, 0.5) is 5.95 Å². The molecule has 0 aliphatic heterocycles. The number of amides is 1. The Labute approximate surface area is 147 Å². The summed E-state index contributed by atoms with van der Waals surface area (Å²) in [7, 11) is 0. The van der Waals surface area contributed by atoms with Gasteiger partial charge in [0.05, 0.1) is 22.5 Å². The second kappa shape index (κ2) is 5.92. The molecular formula is C17H11Cl2N3O2. The molecule has 1 aliphatic carbocycles. The van der Waals surface area contributed by atoms with Gasteiger partial charge in [-0.25, -0.2) is 9.97 Å². The van der Waals surface area contributed by atoms with Crippen molar-refractivity contribution in [2.45, 2.75) is 12.8 Å². The number of aryl methyl sites for hydroxylation is 2. The first-order chi connectivity index (χ1) is 11.6. The summed E-state index contributed by atoms with van der Waals surface area (Å²) < 4.78 is 5.45. The number of halogens is 2. The zero-order valence-electron chi connectivity index (χ0n) is 12.3. The summed E-state index contributed by atoms with van der Waals surface area (Å²) in [6, 6.07) is 6.56. The number of furan rings is 1. The van der Waals surface area contributed by atoms with Gasteiger partial charge in [-0.05, 0) is 36.2 Å². The van der Waals surface area contributed by atoms with E-state index in [-0.39, 0.29) is 16.9 Å². The van der Waals surface area contributed by atoms with Crippen molar-refractivity contribution in [3.05, 3.63) is 63.7 Å². The van der Waals surface area contributed by atoms with Crippen molar-refractivity contribution in [2.75, 3.05) is 5.32 Å². The Balaban J connectivity index is 1.64. The standard InChI is InChI=1S/C17H11Cl2N3O2/c18-10-2-3-11(13(19)7-10)16(23)22-17-20-8-9-1-4-14-12(5-6-24-14)15(9)21-17/h2-3,5-8H,1,4H2,(H,20,21,22,23). The van der Waals surface area contributed by atoms with Crippen LogP contribution in [-0.2, 0) is 12.8 Å². The molecule has 0 saturated heterocycles. The van der Waals surface area contributed by atoms with E-state index in [4.69, 9.17) is 27.6 Å². The van der Waals surface area contributed by atoms with Crippen LogP contribution < -0.4 is 5.32 Å². The molecule has 0 saturated carbocycles. The molecule has 0 unspecified atom stereocenters. The van der Waals surface area contributed by atoms with E-state index in [1.807, 2.05) is 6.07 Å². The fourth-order valence-electron chi connectivity index (χ4n) is 2.72. The molecule has 0 radical (unpaired) electrons. The Bertz CT molecular complexity index is 953. The maximum absolute atomic E-state index is 12.4. The van der Waals surface area contributed by atoms with Gasteiger partial charge in [0.25, 0.3) is 5.91 Å². The lowest BCUT2D eigenvalue weighted by Gasteiger charge is -2.15. The number of rotatable bonds is 2. The summed E-state index contributed by atoms with van der Waals surface area (Å²) in [5.41, 5.74) is 3.08. The first-order valence-electron chi connectivity index (χ1n) is 7.31. The maximum atomic E-state index is 12.4. The summed E-state index contributed by atoms with van der Waals surface area (Å²) in [5, 5.41) is 3.41. The molecule has 24 heavy (non-hydrogen) atoms. The SMILES string of the molecule is O=C(Nc1ncc2c(n1)-c1ccoc1CC2)c1ccc(Cl)cc1Cl. The summed E-state index contributed by atoms with van der Waals surface area (Å²) in [4.78, 5) is 21.1. The maximum Gasteiger partial charge on any atom is 0.259 e. The van der Waals surface area contributed by atoms with Crippen LogP contribution in [0.5, 0.6) is 0 Å². The highest BCUT2D eigenvalue weighted by molar-refractivity contribution is 6.37. The molecule has 2 aromatic heterocycles. The van der Waals surface area contributed by atoms with Gasteiger partial charge in [0.15, 0.2) is 0 Å². The number of benzene rings is 1. The van der Waals surface area contributed by atoms with Crippen LogP contribution in [0.25, 0.3) is 11.3 Å². The van der Waals surface area contributed by atoms with Crippen LogP contribution in [0.15, 0.2) is 41.1 Å². The lowest BCUT2D eigenvalue weighted by molar-refractivity contribution is 0.102. The van der Waals surface area contributed by atoms with Gasteiger partial charge in [-0.15, -0.1) is 0 Å². The summed E-state index contributed by atoms with van der Waals surface area (Å²) in [6.07, 6.45) is 5.02. The predicted molar refractivity (Wildman–Crippen MR) is 91.6 cm³/mol. The Morgan fingerprint density at radius 1 is 1.21 bits per heavy atom. The highest BCUT2D eigenvalue weighted by Gasteiger charge is 2.21.